The average Bonchev–Trinajstić information content (AvgIpc) is 2.51. The van der Waals surface area contributed by atoms with E-state index in [-0.39, 0.29) is 10.8 Å². The Balaban J connectivity index is 1.40. The Kier molecular flexibility index (Phi) is 3.87. The molecule has 6 rings (SSSR count). The Morgan fingerprint density at radius 2 is 1.08 bits per heavy atom. The minimum Gasteiger partial charge on any atom is -0.384 e. The van der Waals surface area contributed by atoms with E-state index >= 15 is 0 Å². The first-order chi connectivity index (χ1) is 11.9. The minimum absolute atomic E-state index is 0.234. The van der Waals surface area contributed by atoms with Crippen molar-refractivity contribution in [1.82, 2.24) is 0 Å². The summed E-state index contributed by atoms with van der Waals surface area (Å²) in [6.07, 6.45) is 4.09. The maximum Gasteiger partial charge on any atom is 0.103 e. The van der Waals surface area contributed by atoms with Crippen LogP contribution in [0, 0.1) is 34.5 Å². The van der Waals surface area contributed by atoms with Gasteiger partial charge in [-0.2, -0.15) is 0 Å². The summed E-state index contributed by atoms with van der Waals surface area (Å²) >= 11 is 0. The molecule has 0 unspecified atom stereocenters. The molecule has 0 aliphatic heterocycles. The van der Waals surface area contributed by atoms with Crippen molar-refractivity contribution in [3.63, 3.8) is 0 Å². The van der Waals surface area contributed by atoms with Crippen molar-refractivity contribution in [2.45, 2.75) is 78.4 Å². The second-order valence-electron chi connectivity index (χ2n) is 11.0. The van der Waals surface area contributed by atoms with Crippen molar-refractivity contribution in [1.29, 1.82) is 0 Å². The molecule has 146 valence electrons. The summed E-state index contributed by atoms with van der Waals surface area (Å²) in [6, 6.07) is 0. The SMILES string of the molecule is CC1(C)[C@@H]2CC(=NCCN=C3C[C@@H]4C[C@@H](C4(C)C)[C@]3(C)O)[C@@](C)(O)[C@H]1C2. The van der Waals surface area contributed by atoms with Gasteiger partial charge in [0, 0.05) is 11.4 Å². The quantitative estimate of drug-likeness (QED) is 0.757. The zero-order chi connectivity index (χ0) is 19.1. The second kappa shape index (κ2) is 5.41. The van der Waals surface area contributed by atoms with Gasteiger partial charge in [-0.15, -0.1) is 0 Å². The largest absolute Gasteiger partial charge is 0.384 e. The maximum atomic E-state index is 11.0. The van der Waals surface area contributed by atoms with Crippen molar-refractivity contribution in [2.24, 2.45) is 44.5 Å². The molecule has 0 heterocycles. The van der Waals surface area contributed by atoms with E-state index in [1.165, 1.54) is 0 Å². The van der Waals surface area contributed by atoms with E-state index in [0.29, 0.717) is 36.8 Å². The number of rotatable bonds is 3. The molecule has 6 aliphatic carbocycles. The summed E-state index contributed by atoms with van der Waals surface area (Å²) in [5, 5.41) is 22.0. The Labute approximate surface area is 158 Å². The van der Waals surface area contributed by atoms with E-state index in [4.69, 9.17) is 9.98 Å². The molecule has 6 fully saturated rings. The van der Waals surface area contributed by atoms with E-state index in [1.807, 2.05) is 13.8 Å². The Hall–Kier alpha value is -0.740. The Bertz CT molecular complexity index is 614. The van der Waals surface area contributed by atoms with E-state index in [0.717, 1.165) is 37.1 Å². The van der Waals surface area contributed by atoms with Gasteiger partial charge in [0.2, 0.25) is 0 Å². The molecule has 0 saturated heterocycles. The smallest absolute Gasteiger partial charge is 0.103 e. The van der Waals surface area contributed by atoms with Gasteiger partial charge in [-0.1, -0.05) is 27.7 Å². The highest BCUT2D eigenvalue weighted by Crippen LogP contribution is 2.62. The van der Waals surface area contributed by atoms with Crippen LogP contribution in [-0.2, 0) is 0 Å². The number of aliphatic hydroxyl groups is 2. The topological polar surface area (TPSA) is 65.2 Å². The third kappa shape index (κ3) is 2.33. The number of hydrogen-bond acceptors (Lipinski definition) is 4. The number of nitrogens with zero attached hydrogens (tertiary/aromatic N) is 2. The van der Waals surface area contributed by atoms with E-state index in [9.17, 15) is 10.2 Å². The number of fused-ring (bicyclic) bond motifs is 4. The van der Waals surface area contributed by atoms with Crippen molar-refractivity contribution >= 4 is 11.4 Å². The predicted molar refractivity (Wildman–Crippen MR) is 106 cm³/mol. The minimum atomic E-state index is -0.770. The van der Waals surface area contributed by atoms with Crippen LogP contribution < -0.4 is 0 Å². The molecular formula is C22H36N2O2. The first kappa shape index (κ1) is 18.6. The fraction of sp³-hybridized carbons (Fsp3) is 0.909. The number of hydrogen-bond donors (Lipinski definition) is 2. The highest BCUT2D eigenvalue weighted by atomic mass is 16.3. The first-order valence-electron chi connectivity index (χ1n) is 10.4. The lowest BCUT2D eigenvalue weighted by Crippen LogP contribution is -2.65. The monoisotopic (exact) mass is 360 g/mol. The standard InChI is InChI=1S/C22H36N2O2/c1-19(2)13-9-15(19)21(5,25)17(11-13)23-7-8-24-18-12-14-10-16(20(14,3)4)22(18,6)26/h13-16,25-26H,7-12H2,1-6H3/t13-,14-,15-,16-,21-,22-/m0/s1. The zero-order valence-corrected chi connectivity index (χ0v) is 17.3. The van der Waals surface area contributed by atoms with Gasteiger partial charge in [-0.25, -0.2) is 0 Å². The molecule has 0 spiro atoms. The lowest BCUT2D eigenvalue weighted by Gasteiger charge is -2.63. The second-order valence-corrected chi connectivity index (χ2v) is 11.0. The summed E-state index contributed by atoms with van der Waals surface area (Å²) < 4.78 is 0. The van der Waals surface area contributed by atoms with Gasteiger partial charge in [0.25, 0.3) is 0 Å². The van der Waals surface area contributed by atoms with Crippen LogP contribution in [0.15, 0.2) is 9.98 Å². The molecule has 6 saturated carbocycles. The third-order valence-corrected chi connectivity index (χ3v) is 9.05. The third-order valence-electron chi connectivity index (χ3n) is 9.05. The summed E-state index contributed by atoms with van der Waals surface area (Å²) in [4.78, 5) is 9.50. The number of aliphatic imine (C=N–C) groups is 2. The molecule has 0 aromatic carbocycles. The Morgan fingerprint density at radius 3 is 1.35 bits per heavy atom. The normalized spacial score (nSPS) is 51.1. The molecule has 4 bridgehead atoms. The van der Waals surface area contributed by atoms with Gasteiger partial charge in [-0.05, 0) is 74.0 Å². The summed E-state index contributed by atoms with van der Waals surface area (Å²) in [5.41, 5.74) is 0.866. The van der Waals surface area contributed by atoms with Crippen LogP contribution in [0.1, 0.15) is 67.2 Å². The van der Waals surface area contributed by atoms with E-state index in [2.05, 4.69) is 27.7 Å². The Morgan fingerprint density at radius 1 is 0.731 bits per heavy atom. The molecule has 0 aromatic heterocycles. The lowest BCUT2D eigenvalue weighted by atomic mass is 9.44. The van der Waals surface area contributed by atoms with Gasteiger partial charge < -0.3 is 10.2 Å². The van der Waals surface area contributed by atoms with Gasteiger partial charge in [-0.3, -0.25) is 9.98 Å². The maximum absolute atomic E-state index is 11.0. The van der Waals surface area contributed by atoms with Crippen LogP contribution >= 0.6 is 0 Å². The molecule has 2 N–H and O–H groups in total. The fourth-order valence-corrected chi connectivity index (χ4v) is 6.73. The molecule has 26 heavy (non-hydrogen) atoms. The van der Waals surface area contributed by atoms with Crippen molar-refractivity contribution < 1.29 is 10.2 Å². The predicted octanol–water partition coefficient (Wildman–Crippen LogP) is 3.50. The van der Waals surface area contributed by atoms with E-state index in [1.54, 1.807) is 0 Å². The van der Waals surface area contributed by atoms with Crippen LogP contribution in [0.3, 0.4) is 0 Å². The van der Waals surface area contributed by atoms with Crippen LogP contribution in [0.25, 0.3) is 0 Å². The van der Waals surface area contributed by atoms with Crippen LogP contribution in [0.2, 0.25) is 0 Å². The lowest BCUT2D eigenvalue weighted by molar-refractivity contribution is -0.134. The van der Waals surface area contributed by atoms with Gasteiger partial charge in [0.05, 0.1) is 13.1 Å². The van der Waals surface area contributed by atoms with Gasteiger partial charge in [0.1, 0.15) is 11.2 Å². The molecule has 4 heteroatoms. The molecule has 0 radical (unpaired) electrons. The van der Waals surface area contributed by atoms with E-state index < -0.39 is 11.2 Å². The molecule has 0 aromatic rings. The average molecular weight is 361 g/mol. The first-order valence-corrected chi connectivity index (χ1v) is 10.4. The van der Waals surface area contributed by atoms with Crippen LogP contribution in [0.4, 0.5) is 0 Å². The molecule has 6 atom stereocenters. The van der Waals surface area contributed by atoms with Gasteiger partial charge in [0.15, 0.2) is 0 Å². The highest BCUT2D eigenvalue weighted by Gasteiger charge is 2.62. The molecule has 0 amide bonds. The van der Waals surface area contributed by atoms with Crippen molar-refractivity contribution in [3.8, 4) is 0 Å². The highest BCUT2D eigenvalue weighted by molar-refractivity contribution is 5.95. The van der Waals surface area contributed by atoms with Gasteiger partial charge >= 0.3 is 0 Å². The zero-order valence-electron chi connectivity index (χ0n) is 17.3. The van der Waals surface area contributed by atoms with Crippen molar-refractivity contribution in [2.75, 3.05) is 13.1 Å². The molecule has 4 nitrogen and oxygen atoms in total. The summed E-state index contributed by atoms with van der Waals surface area (Å²) in [7, 11) is 0. The summed E-state index contributed by atoms with van der Waals surface area (Å²) in [5.74, 6) is 1.97. The molecule has 6 aliphatic rings. The van der Waals surface area contributed by atoms with Crippen molar-refractivity contribution in [3.05, 3.63) is 0 Å². The fourth-order valence-electron chi connectivity index (χ4n) is 6.73. The van der Waals surface area contributed by atoms with Crippen LogP contribution in [0.5, 0.6) is 0 Å². The summed E-state index contributed by atoms with van der Waals surface area (Å²) in [6.45, 7) is 14.2. The molecular weight excluding hydrogens is 324 g/mol. The van der Waals surface area contributed by atoms with Crippen LogP contribution in [-0.4, -0.2) is 45.9 Å².